The molecule has 19 heavy (non-hydrogen) atoms. The van der Waals surface area contributed by atoms with Gasteiger partial charge in [0.15, 0.2) is 17.8 Å². The summed E-state index contributed by atoms with van der Waals surface area (Å²) in [5, 5.41) is 4.09. The molecule has 0 aliphatic rings. The maximum absolute atomic E-state index is 11.0. The molecule has 0 fully saturated rings. The molecular weight excluding hydrogens is 244 g/mol. The van der Waals surface area contributed by atoms with Crippen molar-refractivity contribution in [3.05, 3.63) is 41.7 Å². The van der Waals surface area contributed by atoms with Crippen LogP contribution in [0.25, 0.3) is 0 Å². The molecule has 2 aromatic rings. The van der Waals surface area contributed by atoms with Crippen molar-refractivity contribution < 1.29 is 14.3 Å². The van der Waals surface area contributed by atoms with Gasteiger partial charge in [-0.3, -0.25) is 9.48 Å². The predicted molar refractivity (Wildman–Crippen MR) is 70.8 cm³/mol. The second kappa shape index (κ2) is 6.04. The molecule has 0 N–H and O–H groups in total. The first-order valence-corrected chi connectivity index (χ1v) is 5.98. The van der Waals surface area contributed by atoms with Crippen LogP contribution in [0, 0.1) is 0 Å². The molecule has 0 bridgehead atoms. The van der Waals surface area contributed by atoms with Crippen molar-refractivity contribution >= 4 is 6.29 Å². The highest BCUT2D eigenvalue weighted by molar-refractivity contribution is 5.81. The van der Waals surface area contributed by atoms with Gasteiger partial charge in [-0.25, -0.2) is 0 Å². The zero-order valence-corrected chi connectivity index (χ0v) is 11.0. The molecule has 0 unspecified atom stereocenters. The first-order valence-electron chi connectivity index (χ1n) is 5.98. The van der Waals surface area contributed by atoms with E-state index in [2.05, 4.69) is 5.10 Å². The molecule has 0 saturated heterocycles. The number of hydrogen-bond donors (Lipinski definition) is 0. The highest BCUT2D eigenvalue weighted by atomic mass is 16.5. The van der Waals surface area contributed by atoms with E-state index in [1.165, 1.54) is 0 Å². The standard InChI is InChI=1S/C14H16N2O3/c1-16-12(6-8-15-16)7-9-19-14-11(10-17)4-3-5-13(14)18-2/h3-6,8,10H,7,9H2,1-2H3. The van der Waals surface area contributed by atoms with Crippen LogP contribution >= 0.6 is 0 Å². The molecule has 0 amide bonds. The van der Waals surface area contributed by atoms with Gasteiger partial charge >= 0.3 is 0 Å². The van der Waals surface area contributed by atoms with Gasteiger partial charge in [0.25, 0.3) is 0 Å². The average Bonchev–Trinajstić information content (AvgIpc) is 2.84. The Kier molecular flexibility index (Phi) is 4.18. The molecule has 5 nitrogen and oxygen atoms in total. The lowest BCUT2D eigenvalue weighted by Gasteiger charge is -2.12. The lowest BCUT2D eigenvalue weighted by molar-refractivity contribution is 0.111. The molecule has 1 heterocycles. The van der Waals surface area contributed by atoms with Gasteiger partial charge in [-0.15, -0.1) is 0 Å². The number of rotatable bonds is 6. The number of ether oxygens (including phenoxy) is 2. The minimum Gasteiger partial charge on any atom is -0.493 e. The molecular formula is C14H16N2O3. The molecule has 100 valence electrons. The lowest BCUT2D eigenvalue weighted by atomic mass is 10.2. The number of carbonyl (C=O) groups excluding carboxylic acids is 1. The van der Waals surface area contributed by atoms with E-state index in [1.54, 1.807) is 36.2 Å². The van der Waals surface area contributed by atoms with Gasteiger partial charge < -0.3 is 9.47 Å². The van der Waals surface area contributed by atoms with E-state index in [-0.39, 0.29) is 0 Å². The fourth-order valence-electron chi connectivity index (χ4n) is 1.85. The fraction of sp³-hybridized carbons (Fsp3) is 0.286. The van der Waals surface area contributed by atoms with Crippen LogP contribution in [0.5, 0.6) is 11.5 Å². The average molecular weight is 260 g/mol. The molecule has 0 radical (unpaired) electrons. The van der Waals surface area contributed by atoms with Crippen molar-refractivity contribution in [2.75, 3.05) is 13.7 Å². The van der Waals surface area contributed by atoms with E-state index in [1.807, 2.05) is 13.1 Å². The van der Waals surface area contributed by atoms with Crippen LogP contribution in [0.1, 0.15) is 16.1 Å². The van der Waals surface area contributed by atoms with Crippen molar-refractivity contribution in [1.82, 2.24) is 9.78 Å². The largest absolute Gasteiger partial charge is 0.493 e. The van der Waals surface area contributed by atoms with Crippen molar-refractivity contribution in [3.8, 4) is 11.5 Å². The number of aromatic nitrogens is 2. The highest BCUT2D eigenvalue weighted by Gasteiger charge is 2.10. The summed E-state index contributed by atoms with van der Waals surface area (Å²) >= 11 is 0. The van der Waals surface area contributed by atoms with Crippen LogP contribution in [-0.4, -0.2) is 29.8 Å². The molecule has 0 aliphatic heterocycles. The molecule has 2 rings (SSSR count). The number of benzene rings is 1. The Bertz CT molecular complexity index is 564. The van der Waals surface area contributed by atoms with Crippen molar-refractivity contribution in [2.24, 2.45) is 7.05 Å². The number of aldehydes is 1. The van der Waals surface area contributed by atoms with E-state index in [4.69, 9.17) is 9.47 Å². The third-order valence-electron chi connectivity index (χ3n) is 2.88. The van der Waals surface area contributed by atoms with Gasteiger partial charge in [-0.2, -0.15) is 5.10 Å². The molecule has 0 spiro atoms. The summed E-state index contributed by atoms with van der Waals surface area (Å²) in [6.45, 7) is 0.459. The lowest BCUT2D eigenvalue weighted by Crippen LogP contribution is -2.07. The fourth-order valence-corrected chi connectivity index (χ4v) is 1.85. The van der Waals surface area contributed by atoms with Gasteiger partial charge in [0.2, 0.25) is 0 Å². The van der Waals surface area contributed by atoms with E-state index >= 15 is 0 Å². The molecule has 5 heteroatoms. The Morgan fingerprint density at radius 2 is 2.21 bits per heavy atom. The van der Waals surface area contributed by atoms with Crippen LogP contribution in [0.2, 0.25) is 0 Å². The maximum Gasteiger partial charge on any atom is 0.171 e. The van der Waals surface area contributed by atoms with E-state index in [0.29, 0.717) is 30.1 Å². The third-order valence-corrected chi connectivity index (χ3v) is 2.88. The minimum atomic E-state index is 0.459. The Balaban J connectivity index is 2.06. The summed E-state index contributed by atoms with van der Waals surface area (Å²) in [4.78, 5) is 11.0. The van der Waals surface area contributed by atoms with Crippen molar-refractivity contribution in [3.63, 3.8) is 0 Å². The Morgan fingerprint density at radius 1 is 1.37 bits per heavy atom. The monoisotopic (exact) mass is 260 g/mol. The number of aryl methyl sites for hydroxylation is 1. The maximum atomic E-state index is 11.0. The van der Waals surface area contributed by atoms with Gasteiger partial charge in [-0.05, 0) is 18.2 Å². The summed E-state index contributed by atoms with van der Waals surface area (Å²) in [6, 6.07) is 7.17. The first kappa shape index (κ1) is 13.1. The number of hydrogen-bond acceptors (Lipinski definition) is 4. The van der Waals surface area contributed by atoms with Gasteiger partial charge in [0, 0.05) is 25.4 Å². The summed E-state index contributed by atoms with van der Waals surface area (Å²) in [7, 11) is 3.44. The number of methoxy groups -OCH3 is 1. The number of nitrogens with zero attached hydrogens (tertiary/aromatic N) is 2. The van der Waals surface area contributed by atoms with Crippen LogP contribution in [0.15, 0.2) is 30.5 Å². The van der Waals surface area contributed by atoms with Gasteiger partial charge in [0.1, 0.15) is 0 Å². The van der Waals surface area contributed by atoms with Crippen molar-refractivity contribution in [2.45, 2.75) is 6.42 Å². The summed E-state index contributed by atoms with van der Waals surface area (Å²) in [5.74, 6) is 1.05. The zero-order chi connectivity index (χ0) is 13.7. The van der Waals surface area contributed by atoms with Gasteiger partial charge in [0.05, 0.1) is 19.3 Å². The van der Waals surface area contributed by atoms with E-state index in [0.717, 1.165) is 12.0 Å². The molecule has 0 atom stereocenters. The van der Waals surface area contributed by atoms with Crippen LogP contribution in [0.4, 0.5) is 0 Å². The Hall–Kier alpha value is -2.30. The summed E-state index contributed by atoms with van der Waals surface area (Å²) in [5.41, 5.74) is 1.56. The second-order valence-electron chi connectivity index (χ2n) is 4.04. The number of carbonyl (C=O) groups is 1. The quantitative estimate of drug-likeness (QED) is 0.744. The Morgan fingerprint density at radius 3 is 2.84 bits per heavy atom. The smallest absolute Gasteiger partial charge is 0.171 e. The molecule has 1 aromatic heterocycles. The highest BCUT2D eigenvalue weighted by Crippen LogP contribution is 2.29. The third kappa shape index (κ3) is 2.93. The van der Waals surface area contributed by atoms with Gasteiger partial charge in [-0.1, -0.05) is 6.07 Å². The van der Waals surface area contributed by atoms with Crippen LogP contribution in [0.3, 0.4) is 0 Å². The van der Waals surface area contributed by atoms with Crippen molar-refractivity contribution in [1.29, 1.82) is 0 Å². The summed E-state index contributed by atoms with van der Waals surface area (Å²) in [6.07, 6.45) is 3.23. The van der Waals surface area contributed by atoms with Crippen LogP contribution < -0.4 is 9.47 Å². The topological polar surface area (TPSA) is 53.4 Å². The van der Waals surface area contributed by atoms with E-state index in [9.17, 15) is 4.79 Å². The molecule has 0 saturated carbocycles. The van der Waals surface area contributed by atoms with E-state index < -0.39 is 0 Å². The summed E-state index contributed by atoms with van der Waals surface area (Å²) < 4.78 is 12.7. The normalized spacial score (nSPS) is 10.2. The second-order valence-corrected chi connectivity index (χ2v) is 4.04. The van der Waals surface area contributed by atoms with Crippen LogP contribution in [-0.2, 0) is 13.5 Å². The molecule has 1 aromatic carbocycles. The Labute approximate surface area is 111 Å². The number of para-hydroxylation sites is 1. The molecule has 0 aliphatic carbocycles. The first-order chi connectivity index (χ1) is 9.26. The predicted octanol–water partition coefficient (Wildman–Crippen LogP) is 1.86. The zero-order valence-electron chi connectivity index (χ0n) is 11.0. The SMILES string of the molecule is COc1cccc(C=O)c1OCCc1ccnn1C. The minimum absolute atomic E-state index is 0.459.